The molecule has 2 heterocycles. The molecule has 1 unspecified atom stereocenters. The average molecular weight is 551 g/mol. The van der Waals surface area contributed by atoms with E-state index < -0.39 is 22.2 Å². The van der Waals surface area contributed by atoms with Gasteiger partial charge in [0, 0.05) is 57.4 Å². The number of carbonyl (C=O) groups is 2. The second kappa shape index (κ2) is 14.1. The number of piperazine rings is 1. The first-order chi connectivity index (χ1) is 17.3. The Hall–Kier alpha value is -2.22. The molecule has 3 rings (SSSR count). The fourth-order valence-electron chi connectivity index (χ4n) is 4.29. The van der Waals surface area contributed by atoms with Crippen LogP contribution in [0.3, 0.4) is 0 Å². The van der Waals surface area contributed by atoms with Crippen LogP contribution in [0.25, 0.3) is 0 Å². The molecule has 13 heteroatoms. The van der Waals surface area contributed by atoms with Crippen LogP contribution in [0, 0.1) is 6.92 Å². The molecule has 1 amide bonds. The fraction of sp³-hybridized carbons (Fsp3) is 0.667. The van der Waals surface area contributed by atoms with E-state index in [1.165, 1.54) is 19.3 Å². The van der Waals surface area contributed by atoms with Crippen molar-refractivity contribution in [1.82, 2.24) is 19.4 Å². The summed E-state index contributed by atoms with van der Waals surface area (Å²) in [5, 5.41) is 10.3. The maximum Gasteiger partial charge on any atom is 0.490 e. The number of carboxylic acid groups (broad SMARTS) is 1. The van der Waals surface area contributed by atoms with Crippen LogP contribution in [0.2, 0.25) is 0 Å². The van der Waals surface area contributed by atoms with Crippen molar-refractivity contribution in [2.75, 3.05) is 58.1 Å². The summed E-state index contributed by atoms with van der Waals surface area (Å²) in [4.78, 5) is 26.3. The number of aliphatic carboxylic acids is 1. The molecule has 210 valence electrons. The Morgan fingerprint density at radius 3 is 2.35 bits per heavy atom. The molecule has 2 aliphatic heterocycles. The van der Waals surface area contributed by atoms with Gasteiger partial charge in [0.25, 0.3) is 5.91 Å². The Labute approximate surface area is 216 Å². The summed E-state index contributed by atoms with van der Waals surface area (Å²) < 4.78 is 58.9. The van der Waals surface area contributed by atoms with Crippen molar-refractivity contribution in [2.45, 2.75) is 45.3 Å². The molecule has 1 atom stereocenters. The van der Waals surface area contributed by atoms with Crippen molar-refractivity contribution in [1.29, 1.82) is 0 Å². The molecule has 9 nitrogen and oxygen atoms in total. The van der Waals surface area contributed by atoms with Gasteiger partial charge in [0.05, 0.1) is 5.75 Å². The van der Waals surface area contributed by atoms with E-state index >= 15 is 0 Å². The summed E-state index contributed by atoms with van der Waals surface area (Å²) in [7, 11) is -3.37. The molecular weight excluding hydrogens is 513 g/mol. The molecule has 2 aliphatic rings. The summed E-state index contributed by atoms with van der Waals surface area (Å²) >= 11 is 0. The van der Waals surface area contributed by atoms with E-state index in [9.17, 15) is 26.4 Å². The van der Waals surface area contributed by atoms with Crippen LogP contribution < -0.4 is 5.32 Å². The van der Waals surface area contributed by atoms with Crippen LogP contribution in [-0.4, -0.2) is 110 Å². The molecular formula is C24H37F3N4O5S. The Kier molecular flexibility index (Phi) is 11.8. The van der Waals surface area contributed by atoms with Gasteiger partial charge in [0.1, 0.15) is 0 Å². The molecule has 0 saturated carbocycles. The number of halogens is 3. The number of amides is 1. The number of carbonyl (C=O) groups excluding carboxylic acids is 1. The first-order valence-electron chi connectivity index (χ1n) is 12.4. The molecule has 0 spiro atoms. The third-order valence-corrected chi connectivity index (χ3v) is 8.33. The first kappa shape index (κ1) is 31.0. The normalized spacial score (nSPS) is 19.5. The van der Waals surface area contributed by atoms with Gasteiger partial charge in [-0.15, -0.1) is 0 Å². The number of aryl methyl sites for hydroxylation is 1. The number of sulfonamides is 1. The molecule has 1 aromatic carbocycles. The quantitative estimate of drug-likeness (QED) is 0.511. The molecule has 0 bridgehead atoms. The van der Waals surface area contributed by atoms with Crippen LogP contribution >= 0.6 is 0 Å². The summed E-state index contributed by atoms with van der Waals surface area (Å²) in [6, 6.07) is 8.05. The second-order valence-corrected chi connectivity index (χ2v) is 11.4. The highest BCUT2D eigenvalue weighted by Crippen LogP contribution is 2.17. The highest BCUT2D eigenvalue weighted by molar-refractivity contribution is 7.89. The highest BCUT2D eigenvalue weighted by Gasteiger charge is 2.38. The van der Waals surface area contributed by atoms with Gasteiger partial charge in [-0.3, -0.25) is 9.69 Å². The third kappa shape index (κ3) is 10.2. The Bertz CT molecular complexity index is 1000. The lowest BCUT2D eigenvalue weighted by Crippen LogP contribution is -2.49. The van der Waals surface area contributed by atoms with E-state index in [0.717, 1.165) is 18.7 Å². The standard InChI is InChI=1S/C22H36N4O3S.C2HF3O2/c1-19-6-5-8-21(18-19)22(27)25(15-14-24-11-4-3-7-20(24)2)16-17-30(28,29)26-12-9-23-10-13-26;3-2(4,5)1(6)7/h5-6,8,18,20,23H,3-4,7,9-17H2,1-2H3;(H,6,7). The fourth-order valence-corrected chi connectivity index (χ4v) is 5.74. The first-order valence-corrected chi connectivity index (χ1v) is 14.0. The number of alkyl halides is 3. The van der Waals surface area contributed by atoms with Crippen LogP contribution in [-0.2, 0) is 14.8 Å². The molecule has 0 aliphatic carbocycles. The number of piperidine rings is 1. The van der Waals surface area contributed by atoms with E-state index in [1.54, 1.807) is 9.21 Å². The Morgan fingerprint density at radius 1 is 1.14 bits per heavy atom. The summed E-state index contributed by atoms with van der Waals surface area (Å²) in [5.74, 6) is -2.87. The number of nitrogens with zero attached hydrogens (tertiary/aromatic N) is 3. The molecule has 37 heavy (non-hydrogen) atoms. The molecule has 2 saturated heterocycles. The van der Waals surface area contributed by atoms with E-state index in [2.05, 4.69) is 17.1 Å². The summed E-state index contributed by atoms with van der Waals surface area (Å²) in [6.45, 7) is 9.16. The van der Waals surface area contributed by atoms with Gasteiger partial charge < -0.3 is 15.3 Å². The SMILES string of the molecule is Cc1cccc(C(=O)N(CCN2CCCCC2C)CCS(=O)(=O)N2CCNCC2)c1.O=C(O)C(F)(F)F. The zero-order valence-electron chi connectivity index (χ0n) is 21.3. The number of hydrogen-bond acceptors (Lipinski definition) is 6. The second-order valence-electron chi connectivity index (χ2n) is 9.31. The lowest BCUT2D eigenvalue weighted by atomic mass is 10.0. The summed E-state index contributed by atoms with van der Waals surface area (Å²) in [6.07, 6.45) is -1.46. The van der Waals surface area contributed by atoms with Crippen molar-refractivity contribution >= 4 is 21.9 Å². The molecule has 2 N–H and O–H groups in total. The predicted octanol–water partition coefficient (Wildman–Crippen LogP) is 2.18. The molecule has 0 aromatic heterocycles. The van der Waals surface area contributed by atoms with Crippen molar-refractivity contribution in [3.05, 3.63) is 35.4 Å². The van der Waals surface area contributed by atoms with E-state index in [0.29, 0.717) is 44.3 Å². The van der Waals surface area contributed by atoms with Crippen molar-refractivity contribution in [2.24, 2.45) is 0 Å². The Morgan fingerprint density at radius 2 is 1.78 bits per heavy atom. The largest absolute Gasteiger partial charge is 0.490 e. The van der Waals surface area contributed by atoms with Gasteiger partial charge >= 0.3 is 12.1 Å². The minimum atomic E-state index is -5.08. The molecule has 1 aromatic rings. The zero-order valence-corrected chi connectivity index (χ0v) is 22.2. The Balaban J connectivity index is 0.000000604. The zero-order chi connectivity index (χ0) is 27.6. The van der Waals surface area contributed by atoms with Gasteiger partial charge in [0.2, 0.25) is 10.0 Å². The minimum absolute atomic E-state index is 0.0277. The maximum absolute atomic E-state index is 13.2. The monoisotopic (exact) mass is 550 g/mol. The van der Waals surface area contributed by atoms with Crippen molar-refractivity contribution in [3.8, 4) is 0 Å². The lowest BCUT2D eigenvalue weighted by molar-refractivity contribution is -0.192. The van der Waals surface area contributed by atoms with Crippen LogP contribution in [0.4, 0.5) is 13.2 Å². The van der Waals surface area contributed by atoms with Gasteiger partial charge in [-0.1, -0.05) is 24.1 Å². The predicted molar refractivity (Wildman–Crippen MR) is 134 cm³/mol. The number of hydrogen-bond donors (Lipinski definition) is 2. The number of carboxylic acids is 1. The average Bonchev–Trinajstić information content (AvgIpc) is 2.85. The molecule has 2 fully saturated rings. The number of nitrogens with one attached hydrogen (secondary N) is 1. The number of benzene rings is 1. The maximum atomic E-state index is 13.2. The van der Waals surface area contributed by atoms with Gasteiger partial charge in [-0.2, -0.15) is 17.5 Å². The number of likely N-dealkylation sites (tertiary alicyclic amines) is 1. The number of rotatable bonds is 8. The van der Waals surface area contributed by atoms with E-state index in [4.69, 9.17) is 9.90 Å². The van der Waals surface area contributed by atoms with Gasteiger partial charge in [-0.25, -0.2) is 13.2 Å². The highest BCUT2D eigenvalue weighted by atomic mass is 32.2. The molecule has 0 radical (unpaired) electrons. The van der Waals surface area contributed by atoms with Crippen LogP contribution in [0.5, 0.6) is 0 Å². The van der Waals surface area contributed by atoms with Crippen LogP contribution in [0.1, 0.15) is 42.1 Å². The minimum Gasteiger partial charge on any atom is -0.475 e. The lowest BCUT2D eigenvalue weighted by Gasteiger charge is -2.35. The van der Waals surface area contributed by atoms with Gasteiger partial charge in [-0.05, 0) is 45.4 Å². The van der Waals surface area contributed by atoms with Gasteiger partial charge in [0.15, 0.2) is 0 Å². The van der Waals surface area contributed by atoms with Crippen LogP contribution in [0.15, 0.2) is 24.3 Å². The van der Waals surface area contributed by atoms with Crippen molar-refractivity contribution < 1.29 is 36.3 Å². The summed E-state index contributed by atoms with van der Waals surface area (Å²) in [5.41, 5.74) is 1.65. The topological polar surface area (TPSA) is 110 Å². The third-order valence-electron chi connectivity index (χ3n) is 6.48. The van der Waals surface area contributed by atoms with E-state index in [-0.39, 0.29) is 18.2 Å². The smallest absolute Gasteiger partial charge is 0.475 e. The van der Waals surface area contributed by atoms with Crippen molar-refractivity contribution in [3.63, 3.8) is 0 Å². The van der Waals surface area contributed by atoms with E-state index in [1.807, 2.05) is 31.2 Å².